The summed E-state index contributed by atoms with van der Waals surface area (Å²) in [7, 11) is 1.59. The molecule has 3 aromatic rings. The predicted molar refractivity (Wildman–Crippen MR) is 157 cm³/mol. The Balaban J connectivity index is 0.00000588. The van der Waals surface area contributed by atoms with Crippen molar-refractivity contribution in [2.24, 2.45) is 5.73 Å². The van der Waals surface area contributed by atoms with Crippen LogP contribution in [0.4, 0.5) is 4.79 Å². The van der Waals surface area contributed by atoms with Crippen LogP contribution >= 0.6 is 12.4 Å². The van der Waals surface area contributed by atoms with Crippen molar-refractivity contribution in [2.45, 2.75) is 44.2 Å². The number of halogens is 1. The highest BCUT2D eigenvalue weighted by atomic mass is 35.5. The highest BCUT2D eigenvalue weighted by Crippen LogP contribution is 2.13. The van der Waals surface area contributed by atoms with Crippen LogP contribution in [0.15, 0.2) is 84.9 Å². The third kappa shape index (κ3) is 11.9. The smallest absolute Gasteiger partial charge is 0.408 e. The minimum Gasteiger partial charge on any atom is -0.497 e. The predicted octanol–water partition coefficient (Wildman–Crippen LogP) is 2.47. The topological polar surface area (TPSA) is 152 Å². The van der Waals surface area contributed by atoms with E-state index >= 15 is 0 Å². The first-order valence-corrected chi connectivity index (χ1v) is 13.0. The number of nitrogens with two attached hydrogens (primary N) is 1. The third-order valence-corrected chi connectivity index (χ3v) is 6.13. The lowest BCUT2D eigenvalue weighted by atomic mass is 10.00. The lowest BCUT2D eigenvalue weighted by Crippen LogP contribution is -2.55. The second-order valence-electron chi connectivity index (χ2n) is 9.28. The molecule has 6 N–H and O–H groups in total. The van der Waals surface area contributed by atoms with Crippen molar-refractivity contribution < 1.29 is 29.0 Å². The van der Waals surface area contributed by atoms with Gasteiger partial charge < -0.3 is 36.3 Å². The molecule has 0 aliphatic carbocycles. The molecule has 41 heavy (non-hydrogen) atoms. The van der Waals surface area contributed by atoms with Crippen molar-refractivity contribution in [2.75, 3.05) is 13.7 Å². The number of ether oxygens (including phenoxy) is 2. The molecule has 3 aromatic carbocycles. The SMILES string of the molecule is COc1cccc(CNC[C@@H](O)[C@H](Cc2ccccc2)NC(=O)[C@H](CC(N)=O)NC(=O)OCc2ccccc2)c1.Cl. The number of aliphatic hydroxyl groups is 1. The molecule has 11 heteroatoms. The van der Waals surface area contributed by atoms with E-state index in [1.165, 1.54) is 0 Å². The summed E-state index contributed by atoms with van der Waals surface area (Å²) in [5.41, 5.74) is 7.97. The maximum Gasteiger partial charge on any atom is 0.408 e. The second-order valence-corrected chi connectivity index (χ2v) is 9.28. The van der Waals surface area contributed by atoms with Gasteiger partial charge in [-0.3, -0.25) is 9.59 Å². The van der Waals surface area contributed by atoms with Crippen LogP contribution in [0.2, 0.25) is 0 Å². The third-order valence-electron chi connectivity index (χ3n) is 6.13. The van der Waals surface area contributed by atoms with Gasteiger partial charge in [-0.15, -0.1) is 12.4 Å². The van der Waals surface area contributed by atoms with E-state index in [2.05, 4.69) is 16.0 Å². The summed E-state index contributed by atoms with van der Waals surface area (Å²) in [4.78, 5) is 37.3. The number of rotatable bonds is 15. The number of benzene rings is 3. The van der Waals surface area contributed by atoms with Gasteiger partial charge in [0.25, 0.3) is 0 Å². The first-order chi connectivity index (χ1) is 19.3. The minimum absolute atomic E-state index is 0. The summed E-state index contributed by atoms with van der Waals surface area (Å²) in [6, 6.07) is 23.9. The van der Waals surface area contributed by atoms with Crippen molar-refractivity contribution in [3.63, 3.8) is 0 Å². The van der Waals surface area contributed by atoms with Crippen LogP contribution in [0.3, 0.4) is 0 Å². The van der Waals surface area contributed by atoms with E-state index in [1.807, 2.05) is 72.8 Å². The largest absolute Gasteiger partial charge is 0.497 e. The summed E-state index contributed by atoms with van der Waals surface area (Å²) in [6.45, 7) is 0.632. The van der Waals surface area contributed by atoms with E-state index in [9.17, 15) is 19.5 Å². The summed E-state index contributed by atoms with van der Waals surface area (Å²) in [5, 5.41) is 19.5. The Morgan fingerprint density at radius 3 is 2.15 bits per heavy atom. The molecule has 0 bridgehead atoms. The number of carbonyl (C=O) groups is 3. The summed E-state index contributed by atoms with van der Waals surface area (Å²) in [6.07, 6.45) is -1.98. The van der Waals surface area contributed by atoms with Gasteiger partial charge in [0.2, 0.25) is 11.8 Å². The van der Waals surface area contributed by atoms with E-state index in [0.717, 1.165) is 22.4 Å². The number of alkyl carbamates (subject to hydrolysis) is 1. The molecular weight excluding hydrogens is 548 g/mol. The van der Waals surface area contributed by atoms with Crippen LogP contribution in [0.25, 0.3) is 0 Å². The van der Waals surface area contributed by atoms with Gasteiger partial charge in [-0.05, 0) is 35.2 Å². The number of carbonyl (C=O) groups excluding carboxylic acids is 3. The molecule has 0 fully saturated rings. The number of primary amides is 1. The highest BCUT2D eigenvalue weighted by Gasteiger charge is 2.28. The van der Waals surface area contributed by atoms with Crippen LogP contribution in [0.5, 0.6) is 5.75 Å². The second kappa shape index (κ2) is 17.5. The fraction of sp³-hybridized carbons (Fsp3) is 0.300. The van der Waals surface area contributed by atoms with Gasteiger partial charge in [0, 0.05) is 13.1 Å². The first-order valence-electron chi connectivity index (χ1n) is 13.0. The van der Waals surface area contributed by atoms with E-state index in [0.29, 0.717) is 13.0 Å². The Hall–Kier alpha value is -4.12. The maximum atomic E-state index is 13.2. The maximum absolute atomic E-state index is 13.2. The molecular formula is C30H37ClN4O6. The summed E-state index contributed by atoms with van der Waals surface area (Å²) in [5.74, 6) is -0.712. The number of amides is 3. The molecule has 0 aliphatic heterocycles. The van der Waals surface area contributed by atoms with Crippen LogP contribution in [-0.4, -0.2) is 54.9 Å². The standard InChI is InChI=1S/C30H36N4O6.ClH/c1-39-24-14-8-13-23(15-24)18-32-19-27(35)25(16-21-9-4-2-5-10-21)33-29(37)26(17-28(31)36)34-30(38)40-20-22-11-6-3-7-12-22;/h2-15,25-27,32,35H,16-20H2,1H3,(H2,31,36)(H,33,37)(H,34,38);1H/t25-,26-,27+;/m0./s1. The van der Waals surface area contributed by atoms with E-state index in [4.69, 9.17) is 15.2 Å². The van der Waals surface area contributed by atoms with Crippen molar-refractivity contribution >= 4 is 30.3 Å². The van der Waals surface area contributed by atoms with Crippen LogP contribution in [0.1, 0.15) is 23.1 Å². The average Bonchev–Trinajstić information content (AvgIpc) is 2.96. The molecule has 0 heterocycles. The number of hydrogen-bond donors (Lipinski definition) is 5. The molecule has 0 saturated heterocycles. The number of hydrogen-bond acceptors (Lipinski definition) is 7. The lowest BCUT2D eigenvalue weighted by molar-refractivity contribution is -0.128. The van der Waals surface area contributed by atoms with Crippen LogP contribution < -0.4 is 26.4 Å². The van der Waals surface area contributed by atoms with Gasteiger partial charge in [0.05, 0.1) is 25.7 Å². The molecule has 0 unspecified atom stereocenters. The zero-order valence-electron chi connectivity index (χ0n) is 22.8. The van der Waals surface area contributed by atoms with E-state index in [1.54, 1.807) is 19.2 Å². The highest BCUT2D eigenvalue weighted by molar-refractivity contribution is 5.90. The van der Waals surface area contributed by atoms with Crippen LogP contribution in [-0.2, 0) is 33.9 Å². The molecule has 3 amide bonds. The van der Waals surface area contributed by atoms with E-state index < -0.39 is 42.5 Å². The Morgan fingerprint density at radius 2 is 1.51 bits per heavy atom. The van der Waals surface area contributed by atoms with E-state index in [-0.39, 0.29) is 25.6 Å². The fourth-order valence-corrected chi connectivity index (χ4v) is 4.04. The molecule has 0 spiro atoms. The fourth-order valence-electron chi connectivity index (χ4n) is 4.04. The van der Waals surface area contributed by atoms with Gasteiger partial charge in [0.1, 0.15) is 18.4 Å². The van der Waals surface area contributed by atoms with Crippen molar-refractivity contribution in [1.29, 1.82) is 0 Å². The number of methoxy groups -OCH3 is 1. The van der Waals surface area contributed by atoms with Gasteiger partial charge in [-0.1, -0.05) is 72.8 Å². The molecule has 220 valence electrons. The molecule has 0 aromatic heterocycles. The number of aliphatic hydroxyl groups excluding tert-OH is 1. The summed E-state index contributed by atoms with van der Waals surface area (Å²) < 4.78 is 10.4. The average molecular weight is 585 g/mol. The quantitative estimate of drug-likeness (QED) is 0.184. The normalized spacial score (nSPS) is 12.6. The minimum atomic E-state index is -1.28. The molecule has 0 aliphatic rings. The molecule has 3 atom stereocenters. The zero-order valence-corrected chi connectivity index (χ0v) is 23.6. The monoisotopic (exact) mass is 584 g/mol. The van der Waals surface area contributed by atoms with Crippen molar-refractivity contribution in [3.05, 3.63) is 102 Å². The Morgan fingerprint density at radius 1 is 0.878 bits per heavy atom. The summed E-state index contributed by atoms with van der Waals surface area (Å²) >= 11 is 0. The van der Waals surface area contributed by atoms with Gasteiger partial charge in [-0.25, -0.2) is 4.79 Å². The lowest BCUT2D eigenvalue weighted by Gasteiger charge is -2.27. The first kappa shape index (κ1) is 33.1. The molecule has 3 rings (SSSR count). The molecule has 0 saturated carbocycles. The molecule has 0 radical (unpaired) electrons. The number of nitrogens with one attached hydrogen (secondary N) is 3. The van der Waals surface area contributed by atoms with Crippen LogP contribution in [0, 0.1) is 0 Å². The molecule has 10 nitrogen and oxygen atoms in total. The van der Waals surface area contributed by atoms with Gasteiger partial charge in [-0.2, -0.15) is 0 Å². The van der Waals surface area contributed by atoms with Gasteiger partial charge >= 0.3 is 6.09 Å². The zero-order chi connectivity index (χ0) is 28.7. The Kier molecular flexibility index (Phi) is 14.2. The van der Waals surface area contributed by atoms with Crippen molar-refractivity contribution in [3.8, 4) is 5.75 Å². The Bertz CT molecular complexity index is 1230. The van der Waals surface area contributed by atoms with Gasteiger partial charge in [0.15, 0.2) is 0 Å². The van der Waals surface area contributed by atoms with Crippen molar-refractivity contribution in [1.82, 2.24) is 16.0 Å². The Labute approximate surface area is 246 Å².